The molecule has 0 aliphatic carbocycles. The predicted molar refractivity (Wildman–Crippen MR) is 82.4 cm³/mol. The van der Waals surface area contributed by atoms with E-state index in [9.17, 15) is 8.78 Å². The van der Waals surface area contributed by atoms with E-state index in [1.54, 1.807) is 0 Å². The smallest absolute Gasteiger partial charge is 0.131 e. The van der Waals surface area contributed by atoms with E-state index in [0.717, 1.165) is 35.7 Å². The Kier molecular flexibility index (Phi) is 5.07. The highest BCUT2D eigenvalue weighted by molar-refractivity contribution is 5.39. The second-order valence-corrected chi connectivity index (χ2v) is 5.41. The fourth-order valence-corrected chi connectivity index (χ4v) is 2.48. The summed E-state index contributed by atoms with van der Waals surface area (Å²) in [4.78, 5) is 0. The molecule has 0 radical (unpaired) electrons. The lowest BCUT2D eigenvalue weighted by molar-refractivity contribution is 0.531. The summed E-state index contributed by atoms with van der Waals surface area (Å²) in [6.45, 7) is 6.86. The molecule has 1 N–H and O–H groups in total. The Bertz CT molecular complexity index is 623. The van der Waals surface area contributed by atoms with Crippen molar-refractivity contribution >= 4 is 0 Å². The molecule has 2 rings (SSSR count). The standard InChI is InChI=1S/C18H21F2N/c1-4-9-21-18(15-8-7-14(19)11-17(15)20)16-10-12(2)5-6-13(16)3/h5-8,10-11,18,21H,4,9H2,1-3H3. The van der Waals surface area contributed by atoms with Crippen LogP contribution in [-0.2, 0) is 0 Å². The van der Waals surface area contributed by atoms with Crippen molar-refractivity contribution in [2.24, 2.45) is 0 Å². The van der Waals surface area contributed by atoms with E-state index in [-0.39, 0.29) is 6.04 Å². The molecule has 0 spiro atoms. The van der Waals surface area contributed by atoms with Crippen LogP contribution in [0.1, 0.15) is 41.6 Å². The van der Waals surface area contributed by atoms with Crippen molar-refractivity contribution < 1.29 is 8.78 Å². The summed E-state index contributed by atoms with van der Waals surface area (Å²) in [6.07, 6.45) is 0.949. The number of nitrogens with one attached hydrogen (secondary N) is 1. The number of aryl methyl sites for hydroxylation is 2. The van der Waals surface area contributed by atoms with E-state index in [1.165, 1.54) is 12.1 Å². The zero-order valence-electron chi connectivity index (χ0n) is 12.7. The minimum Gasteiger partial charge on any atom is -0.306 e. The summed E-state index contributed by atoms with van der Waals surface area (Å²) in [5.74, 6) is -1.06. The largest absolute Gasteiger partial charge is 0.306 e. The number of hydrogen-bond donors (Lipinski definition) is 1. The Morgan fingerprint density at radius 2 is 1.76 bits per heavy atom. The molecule has 0 saturated carbocycles. The van der Waals surface area contributed by atoms with Crippen LogP contribution in [0.15, 0.2) is 36.4 Å². The average Bonchev–Trinajstić information content (AvgIpc) is 2.44. The Labute approximate surface area is 125 Å². The van der Waals surface area contributed by atoms with E-state index in [4.69, 9.17) is 0 Å². The Morgan fingerprint density at radius 3 is 2.43 bits per heavy atom. The van der Waals surface area contributed by atoms with Gasteiger partial charge in [0.15, 0.2) is 0 Å². The van der Waals surface area contributed by atoms with Crippen LogP contribution in [-0.4, -0.2) is 6.54 Å². The minimum absolute atomic E-state index is 0.259. The van der Waals surface area contributed by atoms with E-state index < -0.39 is 11.6 Å². The zero-order chi connectivity index (χ0) is 15.4. The van der Waals surface area contributed by atoms with Gasteiger partial charge < -0.3 is 5.32 Å². The van der Waals surface area contributed by atoms with Crippen LogP contribution >= 0.6 is 0 Å². The van der Waals surface area contributed by atoms with Gasteiger partial charge in [0, 0.05) is 11.6 Å². The van der Waals surface area contributed by atoms with Gasteiger partial charge >= 0.3 is 0 Å². The topological polar surface area (TPSA) is 12.0 Å². The lowest BCUT2D eigenvalue weighted by atomic mass is 9.93. The van der Waals surface area contributed by atoms with Crippen molar-refractivity contribution in [2.45, 2.75) is 33.2 Å². The van der Waals surface area contributed by atoms with Gasteiger partial charge in [0.2, 0.25) is 0 Å². The number of benzene rings is 2. The first-order valence-corrected chi connectivity index (χ1v) is 7.28. The summed E-state index contributed by atoms with van der Waals surface area (Å²) >= 11 is 0. The molecule has 0 aliphatic rings. The molecule has 2 aromatic rings. The van der Waals surface area contributed by atoms with E-state index in [1.807, 2.05) is 26.0 Å². The zero-order valence-corrected chi connectivity index (χ0v) is 12.7. The molecule has 0 bridgehead atoms. The first-order valence-electron chi connectivity index (χ1n) is 7.28. The molecular formula is C18H21F2N. The third kappa shape index (κ3) is 3.67. The highest BCUT2D eigenvalue weighted by atomic mass is 19.1. The van der Waals surface area contributed by atoms with Gasteiger partial charge in [-0.25, -0.2) is 8.78 Å². The van der Waals surface area contributed by atoms with Crippen LogP contribution in [0.3, 0.4) is 0 Å². The van der Waals surface area contributed by atoms with Crippen LogP contribution in [0.2, 0.25) is 0 Å². The van der Waals surface area contributed by atoms with Crippen molar-refractivity contribution in [1.82, 2.24) is 5.32 Å². The van der Waals surface area contributed by atoms with Gasteiger partial charge in [-0.15, -0.1) is 0 Å². The average molecular weight is 289 g/mol. The minimum atomic E-state index is -0.550. The maximum absolute atomic E-state index is 14.2. The quantitative estimate of drug-likeness (QED) is 0.843. The molecule has 1 unspecified atom stereocenters. The van der Waals surface area contributed by atoms with Crippen LogP contribution < -0.4 is 5.32 Å². The van der Waals surface area contributed by atoms with E-state index >= 15 is 0 Å². The second-order valence-electron chi connectivity index (χ2n) is 5.41. The highest BCUT2D eigenvalue weighted by Crippen LogP contribution is 2.28. The summed E-state index contributed by atoms with van der Waals surface area (Å²) in [6, 6.07) is 9.66. The number of hydrogen-bond acceptors (Lipinski definition) is 1. The van der Waals surface area contributed by atoms with Gasteiger partial charge in [-0.3, -0.25) is 0 Å². The maximum Gasteiger partial charge on any atom is 0.131 e. The first kappa shape index (κ1) is 15.6. The van der Waals surface area contributed by atoms with Crippen LogP contribution in [0.25, 0.3) is 0 Å². The predicted octanol–water partition coefficient (Wildman–Crippen LogP) is 4.67. The van der Waals surface area contributed by atoms with E-state index in [0.29, 0.717) is 5.56 Å². The van der Waals surface area contributed by atoms with Gasteiger partial charge in [-0.1, -0.05) is 36.8 Å². The Morgan fingerprint density at radius 1 is 1.00 bits per heavy atom. The summed E-state index contributed by atoms with van der Waals surface area (Å²) < 4.78 is 27.3. The van der Waals surface area contributed by atoms with Gasteiger partial charge in [0.1, 0.15) is 11.6 Å². The van der Waals surface area contributed by atoms with Crippen molar-refractivity contribution in [3.05, 3.63) is 70.3 Å². The summed E-state index contributed by atoms with van der Waals surface area (Å²) in [7, 11) is 0. The summed E-state index contributed by atoms with van der Waals surface area (Å²) in [5.41, 5.74) is 3.74. The Balaban J connectivity index is 2.49. The molecule has 0 amide bonds. The lowest BCUT2D eigenvalue weighted by Crippen LogP contribution is -2.25. The molecule has 3 heteroatoms. The molecule has 1 atom stereocenters. The maximum atomic E-state index is 14.2. The SMILES string of the molecule is CCCNC(c1cc(C)ccc1C)c1ccc(F)cc1F. The Hall–Kier alpha value is -1.74. The molecule has 21 heavy (non-hydrogen) atoms. The molecular weight excluding hydrogens is 268 g/mol. The van der Waals surface area contributed by atoms with Crippen molar-refractivity contribution in [3.63, 3.8) is 0 Å². The van der Waals surface area contributed by atoms with Crippen LogP contribution in [0.4, 0.5) is 8.78 Å². The van der Waals surface area contributed by atoms with Gasteiger partial charge in [0.25, 0.3) is 0 Å². The third-order valence-corrected chi connectivity index (χ3v) is 3.62. The summed E-state index contributed by atoms with van der Waals surface area (Å²) in [5, 5.41) is 3.37. The van der Waals surface area contributed by atoms with Crippen LogP contribution in [0.5, 0.6) is 0 Å². The van der Waals surface area contributed by atoms with Gasteiger partial charge in [-0.05, 0) is 44.0 Å². The third-order valence-electron chi connectivity index (χ3n) is 3.62. The fraction of sp³-hybridized carbons (Fsp3) is 0.333. The normalized spacial score (nSPS) is 12.4. The molecule has 0 heterocycles. The monoisotopic (exact) mass is 289 g/mol. The van der Waals surface area contributed by atoms with Gasteiger partial charge in [0.05, 0.1) is 6.04 Å². The molecule has 0 saturated heterocycles. The fourth-order valence-electron chi connectivity index (χ4n) is 2.48. The molecule has 112 valence electrons. The van der Waals surface area contributed by atoms with Crippen molar-refractivity contribution in [2.75, 3.05) is 6.54 Å². The van der Waals surface area contributed by atoms with Crippen LogP contribution in [0, 0.1) is 25.5 Å². The second kappa shape index (κ2) is 6.81. The highest BCUT2D eigenvalue weighted by Gasteiger charge is 2.19. The van der Waals surface area contributed by atoms with Gasteiger partial charge in [-0.2, -0.15) is 0 Å². The first-order chi connectivity index (χ1) is 10.0. The number of rotatable bonds is 5. The van der Waals surface area contributed by atoms with Crippen molar-refractivity contribution in [3.8, 4) is 0 Å². The lowest BCUT2D eigenvalue weighted by Gasteiger charge is -2.22. The number of halogens is 2. The van der Waals surface area contributed by atoms with E-state index in [2.05, 4.69) is 18.3 Å². The molecule has 0 aromatic heterocycles. The molecule has 0 fully saturated rings. The van der Waals surface area contributed by atoms with Crippen molar-refractivity contribution in [1.29, 1.82) is 0 Å². The molecule has 1 nitrogen and oxygen atoms in total. The molecule has 0 aliphatic heterocycles. The molecule has 2 aromatic carbocycles.